The largest absolute Gasteiger partial charge is 0.464 e. The van der Waals surface area contributed by atoms with Gasteiger partial charge in [0.2, 0.25) is 0 Å². The average Bonchev–Trinajstić information content (AvgIpc) is 2.70. The summed E-state index contributed by atoms with van der Waals surface area (Å²) in [5, 5.41) is 0. The fraction of sp³-hybridized carbons (Fsp3) is 0.692. The molecule has 0 bridgehead atoms. The molecule has 1 aliphatic carbocycles. The van der Waals surface area contributed by atoms with Crippen LogP contribution in [0.5, 0.6) is 0 Å². The van der Waals surface area contributed by atoms with Crippen molar-refractivity contribution < 1.29 is 9.53 Å². The SMILES string of the molecule is COC(=O)c1ncn(C2CCCCCCC2)c1N. The quantitative estimate of drug-likeness (QED) is 0.820. The molecule has 1 heterocycles. The summed E-state index contributed by atoms with van der Waals surface area (Å²) in [6.07, 6.45) is 10.2. The number of carbonyl (C=O) groups excluding carboxylic acids is 1. The summed E-state index contributed by atoms with van der Waals surface area (Å²) in [4.78, 5) is 15.6. The van der Waals surface area contributed by atoms with Gasteiger partial charge in [-0.05, 0) is 12.8 Å². The second-order valence-electron chi connectivity index (χ2n) is 4.88. The van der Waals surface area contributed by atoms with E-state index in [9.17, 15) is 4.79 Å². The van der Waals surface area contributed by atoms with Crippen molar-refractivity contribution in [3.63, 3.8) is 0 Å². The van der Waals surface area contributed by atoms with E-state index < -0.39 is 5.97 Å². The van der Waals surface area contributed by atoms with Gasteiger partial charge in [-0.15, -0.1) is 0 Å². The van der Waals surface area contributed by atoms with E-state index in [1.165, 1.54) is 39.2 Å². The lowest BCUT2D eigenvalue weighted by Gasteiger charge is -2.22. The van der Waals surface area contributed by atoms with Crippen LogP contribution in [0.4, 0.5) is 5.82 Å². The first-order chi connectivity index (χ1) is 8.74. The van der Waals surface area contributed by atoms with Gasteiger partial charge in [0, 0.05) is 6.04 Å². The van der Waals surface area contributed by atoms with Gasteiger partial charge in [0.15, 0.2) is 5.69 Å². The minimum Gasteiger partial charge on any atom is -0.464 e. The summed E-state index contributed by atoms with van der Waals surface area (Å²) in [7, 11) is 1.34. The third-order valence-corrected chi connectivity index (χ3v) is 3.68. The summed E-state index contributed by atoms with van der Waals surface area (Å²) >= 11 is 0. The topological polar surface area (TPSA) is 70.1 Å². The third kappa shape index (κ3) is 2.66. The van der Waals surface area contributed by atoms with E-state index in [1.54, 1.807) is 6.33 Å². The number of imidazole rings is 1. The Hall–Kier alpha value is -1.52. The minimum absolute atomic E-state index is 0.236. The van der Waals surface area contributed by atoms with Crippen LogP contribution in [-0.4, -0.2) is 22.6 Å². The number of nitrogens with zero attached hydrogens (tertiary/aromatic N) is 2. The molecule has 0 aromatic carbocycles. The fourth-order valence-electron chi connectivity index (χ4n) is 2.63. The Morgan fingerprint density at radius 2 is 1.94 bits per heavy atom. The van der Waals surface area contributed by atoms with E-state index in [0.717, 1.165) is 12.8 Å². The van der Waals surface area contributed by atoms with Crippen molar-refractivity contribution in [1.29, 1.82) is 0 Å². The normalized spacial score (nSPS) is 18.1. The molecular weight excluding hydrogens is 230 g/mol. The molecule has 0 aliphatic heterocycles. The second-order valence-corrected chi connectivity index (χ2v) is 4.88. The van der Waals surface area contributed by atoms with E-state index in [-0.39, 0.29) is 5.69 Å². The molecule has 18 heavy (non-hydrogen) atoms. The number of ether oxygens (including phenoxy) is 1. The van der Waals surface area contributed by atoms with Crippen LogP contribution in [0.1, 0.15) is 61.5 Å². The van der Waals surface area contributed by atoms with Gasteiger partial charge in [0.1, 0.15) is 5.82 Å². The zero-order valence-electron chi connectivity index (χ0n) is 10.9. The Morgan fingerprint density at radius 1 is 1.33 bits per heavy atom. The average molecular weight is 251 g/mol. The lowest BCUT2D eigenvalue weighted by atomic mass is 9.96. The smallest absolute Gasteiger partial charge is 0.360 e. The molecule has 0 amide bonds. The van der Waals surface area contributed by atoms with Crippen LogP contribution in [0.3, 0.4) is 0 Å². The van der Waals surface area contributed by atoms with Crippen LogP contribution in [0.15, 0.2) is 6.33 Å². The number of aromatic nitrogens is 2. The van der Waals surface area contributed by atoms with E-state index >= 15 is 0 Å². The molecule has 5 nitrogen and oxygen atoms in total. The number of carbonyl (C=O) groups is 1. The van der Waals surface area contributed by atoms with Crippen molar-refractivity contribution in [3.8, 4) is 0 Å². The Balaban J connectivity index is 2.16. The molecule has 100 valence electrons. The molecule has 0 spiro atoms. The van der Waals surface area contributed by atoms with Gasteiger partial charge in [0.25, 0.3) is 0 Å². The standard InChI is InChI=1S/C13H21N3O2/c1-18-13(17)11-12(14)16(9-15-11)10-7-5-3-2-4-6-8-10/h9-10H,2-8,14H2,1H3. The number of anilines is 1. The van der Waals surface area contributed by atoms with Gasteiger partial charge < -0.3 is 15.0 Å². The Bertz CT molecular complexity index is 406. The molecule has 2 N–H and O–H groups in total. The Morgan fingerprint density at radius 3 is 2.56 bits per heavy atom. The van der Waals surface area contributed by atoms with E-state index in [1.807, 2.05) is 4.57 Å². The van der Waals surface area contributed by atoms with Gasteiger partial charge in [0.05, 0.1) is 13.4 Å². The molecular formula is C13H21N3O2. The summed E-state index contributed by atoms with van der Waals surface area (Å²) in [5.41, 5.74) is 6.24. The van der Waals surface area contributed by atoms with Crippen molar-refractivity contribution >= 4 is 11.8 Å². The third-order valence-electron chi connectivity index (χ3n) is 3.68. The minimum atomic E-state index is -0.461. The van der Waals surface area contributed by atoms with Crippen LogP contribution in [0.2, 0.25) is 0 Å². The van der Waals surface area contributed by atoms with E-state index in [0.29, 0.717) is 11.9 Å². The number of methoxy groups -OCH3 is 1. The molecule has 1 aliphatic rings. The molecule has 0 atom stereocenters. The maximum absolute atomic E-state index is 11.5. The van der Waals surface area contributed by atoms with Crippen LogP contribution in [-0.2, 0) is 4.74 Å². The van der Waals surface area contributed by atoms with Crippen molar-refractivity contribution in [2.75, 3.05) is 12.8 Å². The molecule has 2 rings (SSSR count). The van der Waals surface area contributed by atoms with Crippen molar-refractivity contribution in [2.45, 2.75) is 51.0 Å². The summed E-state index contributed by atoms with van der Waals surface area (Å²) in [6, 6.07) is 0.371. The summed E-state index contributed by atoms with van der Waals surface area (Å²) in [6.45, 7) is 0. The zero-order chi connectivity index (χ0) is 13.0. The molecule has 0 unspecified atom stereocenters. The first kappa shape index (κ1) is 12.9. The van der Waals surface area contributed by atoms with E-state index in [2.05, 4.69) is 9.72 Å². The van der Waals surface area contributed by atoms with Crippen LogP contribution in [0.25, 0.3) is 0 Å². The Kier molecular flexibility index (Phi) is 4.23. The predicted molar refractivity (Wildman–Crippen MR) is 69.3 cm³/mol. The molecule has 0 radical (unpaired) electrons. The van der Waals surface area contributed by atoms with Crippen molar-refractivity contribution in [1.82, 2.24) is 9.55 Å². The molecule has 0 saturated heterocycles. The monoisotopic (exact) mass is 251 g/mol. The number of nitrogens with two attached hydrogens (primary N) is 1. The van der Waals surface area contributed by atoms with Crippen LogP contribution in [0, 0.1) is 0 Å². The highest BCUT2D eigenvalue weighted by Gasteiger charge is 2.21. The summed E-state index contributed by atoms with van der Waals surface area (Å²) in [5.74, 6) is -0.0236. The number of nitrogen functional groups attached to an aromatic ring is 1. The molecule has 5 heteroatoms. The number of esters is 1. The highest BCUT2D eigenvalue weighted by Crippen LogP contribution is 2.29. The Labute approximate surface area is 107 Å². The van der Waals surface area contributed by atoms with Gasteiger partial charge in [-0.2, -0.15) is 0 Å². The number of hydrogen-bond acceptors (Lipinski definition) is 4. The first-order valence-corrected chi connectivity index (χ1v) is 6.64. The van der Waals surface area contributed by atoms with Gasteiger partial charge in [-0.3, -0.25) is 0 Å². The lowest BCUT2D eigenvalue weighted by Crippen LogP contribution is -2.14. The molecule has 1 aromatic rings. The molecule has 1 saturated carbocycles. The summed E-state index contributed by atoms with van der Waals surface area (Å²) < 4.78 is 6.61. The highest BCUT2D eigenvalue weighted by atomic mass is 16.5. The van der Waals surface area contributed by atoms with Crippen molar-refractivity contribution in [3.05, 3.63) is 12.0 Å². The first-order valence-electron chi connectivity index (χ1n) is 6.64. The molecule has 1 fully saturated rings. The number of rotatable bonds is 2. The number of hydrogen-bond donors (Lipinski definition) is 1. The molecule has 1 aromatic heterocycles. The maximum atomic E-state index is 11.5. The van der Waals surface area contributed by atoms with Gasteiger partial charge in [-0.1, -0.05) is 32.1 Å². The van der Waals surface area contributed by atoms with Gasteiger partial charge in [-0.25, -0.2) is 9.78 Å². The predicted octanol–water partition coefficient (Wildman–Crippen LogP) is 2.54. The lowest BCUT2D eigenvalue weighted by molar-refractivity contribution is 0.0596. The second kappa shape index (κ2) is 5.89. The fourth-order valence-corrected chi connectivity index (χ4v) is 2.63. The van der Waals surface area contributed by atoms with Gasteiger partial charge >= 0.3 is 5.97 Å². The van der Waals surface area contributed by atoms with Crippen LogP contribution >= 0.6 is 0 Å². The maximum Gasteiger partial charge on any atom is 0.360 e. The highest BCUT2D eigenvalue weighted by molar-refractivity contribution is 5.92. The zero-order valence-corrected chi connectivity index (χ0v) is 10.9. The van der Waals surface area contributed by atoms with E-state index in [4.69, 9.17) is 5.73 Å². The van der Waals surface area contributed by atoms with Crippen LogP contribution < -0.4 is 5.73 Å². The van der Waals surface area contributed by atoms with Crippen molar-refractivity contribution in [2.24, 2.45) is 0 Å².